The Morgan fingerprint density at radius 1 is 0.562 bits per heavy atom. The van der Waals surface area contributed by atoms with Crippen LogP contribution >= 0.6 is 0 Å². The zero-order valence-corrected chi connectivity index (χ0v) is 27.6. The van der Waals surface area contributed by atoms with Crippen molar-refractivity contribution in [2.45, 2.75) is 27.7 Å². The van der Waals surface area contributed by atoms with Gasteiger partial charge in [0.2, 0.25) is 11.4 Å². The summed E-state index contributed by atoms with van der Waals surface area (Å²) in [7, 11) is 0. The van der Waals surface area contributed by atoms with Gasteiger partial charge in [0.05, 0.1) is 11.5 Å². The first-order valence-electron chi connectivity index (χ1n) is 15.9. The molecule has 0 atom stereocenters. The molecule has 0 fully saturated rings. The van der Waals surface area contributed by atoms with Crippen LogP contribution < -0.4 is 15.9 Å². The van der Waals surface area contributed by atoms with Gasteiger partial charge in [0.1, 0.15) is 17.3 Å². The van der Waals surface area contributed by atoms with Crippen molar-refractivity contribution in [1.29, 1.82) is 0 Å². The van der Waals surface area contributed by atoms with E-state index in [2.05, 4.69) is 82.8 Å². The number of hydrogen-bond donors (Lipinski definition) is 2. The van der Waals surface area contributed by atoms with E-state index in [1.54, 1.807) is 0 Å². The topological polar surface area (TPSA) is 82.4 Å². The third-order valence-corrected chi connectivity index (χ3v) is 7.40. The Morgan fingerprint density at radius 3 is 1.54 bits per heavy atom. The van der Waals surface area contributed by atoms with Crippen molar-refractivity contribution in [2.24, 2.45) is 0 Å². The summed E-state index contributed by atoms with van der Waals surface area (Å²) >= 11 is 0. The number of benzene rings is 4. The molecule has 0 bridgehead atoms. The van der Waals surface area contributed by atoms with Gasteiger partial charge in [0.25, 0.3) is 0 Å². The molecule has 2 aliphatic rings. The number of nitrogens with one attached hydrogen (secondary N) is 2. The lowest BCUT2D eigenvalue weighted by Crippen LogP contribution is -2.70. The second-order valence-corrected chi connectivity index (χ2v) is 11.8. The Kier molecular flexibility index (Phi) is 10.8. The molecule has 240 valence electrons. The minimum absolute atomic E-state index is 0.167. The first-order chi connectivity index (χ1) is 23.2. The van der Waals surface area contributed by atoms with E-state index in [-0.39, 0.29) is 11.6 Å². The van der Waals surface area contributed by atoms with Crippen molar-refractivity contribution in [1.82, 2.24) is 4.98 Å². The third kappa shape index (κ3) is 8.25. The van der Waals surface area contributed by atoms with Crippen LogP contribution in [0, 0.1) is 0 Å². The van der Waals surface area contributed by atoms with Gasteiger partial charge in [-0.05, 0) is 57.5 Å². The zero-order valence-electron chi connectivity index (χ0n) is 27.6. The standard InChI is InChI=1S/C35H26BN2O2.2C3H6O/c1-5-13-26(14-6-1)30-21-23-32(37-30)34-25-35(33-24-22-31(38-33)27-15-7-2-8-16-27)40-36(39-34,28-17-9-3-10-18-28)29-19-11-4-12-20-29;2*1-3(2)4/h1-25,37H;2*1-2H3/q-1;;/p+1/b35-33-;;. The summed E-state index contributed by atoms with van der Waals surface area (Å²) in [4.78, 5) is 26.1. The van der Waals surface area contributed by atoms with Crippen LogP contribution in [0.1, 0.15) is 39.0 Å². The molecule has 2 aliphatic heterocycles. The summed E-state index contributed by atoms with van der Waals surface area (Å²) < 4.78 is 13.9. The molecule has 0 unspecified atom stereocenters. The second-order valence-electron chi connectivity index (χ2n) is 11.8. The van der Waals surface area contributed by atoms with E-state index in [4.69, 9.17) is 9.31 Å². The van der Waals surface area contributed by atoms with E-state index in [0.717, 1.165) is 44.8 Å². The summed E-state index contributed by atoms with van der Waals surface area (Å²) in [5.74, 6) is 1.76. The molecule has 0 aliphatic carbocycles. The molecule has 3 heterocycles. The van der Waals surface area contributed by atoms with E-state index in [1.807, 2.05) is 78.9 Å². The van der Waals surface area contributed by atoms with Crippen molar-refractivity contribution in [3.05, 3.63) is 174 Å². The number of carbonyl (C=O) groups is 2. The first kappa shape index (κ1) is 33.4. The molecule has 4 aromatic carbocycles. The van der Waals surface area contributed by atoms with E-state index < -0.39 is 6.55 Å². The molecule has 5 aromatic rings. The van der Waals surface area contributed by atoms with Crippen LogP contribution in [0.5, 0.6) is 0 Å². The molecular weight excluding hydrogens is 595 g/mol. The van der Waals surface area contributed by atoms with Crippen LogP contribution in [-0.2, 0) is 18.9 Å². The number of hydrogen-bond acceptors (Lipinski definition) is 4. The molecule has 0 radical (unpaired) electrons. The number of aromatic amines is 1. The number of allylic oxidation sites excluding steroid dienone is 3. The van der Waals surface area contributed by atoms with Gasteiger partial charge in [-0.3, -0.25) is 0 Å². The van der Waals surface area contributed by atoms with Crippen LogP contribution in [0.25, 0.3) is 17.0 Å². The summed E-state index contributed by atoms with van der Waals surface area (Å²) in [6, 6.07) is 45.2. The zero-order chi connectivity index (χ0) is 33.9. The maximum atomic E-state index is 9.44. The van der Waals surface area contributed by atoms with Gasteiger partial charge >= 0.3 is 6.55 Å². The first-order valence-corrected chi connectivity index (χ1v) is 15.9. The molecule has 7 heteroatoms. The molecule has 0 spiro atoms. The minimum atomic E-state index is -2.10. The van der Waals surface area contributed by atoms with Crippen molar-refractivity contribution in [3.8, 4) is 11.3 Å². The summed E-state index contributed by atoms with van der Waals surface area (Å²) in [5, 5.41) is 0. The Labute approximate surface area is 282 Å². The largest absolute Gasteiger partial charge is 0.674 e. The average molecular weight is 635 g/mol. The molecule has 0 amide bonds. The molecule has 2 N–H and O–H groups in total. The van der Waals surface area contributed by atoms with Crippen molar-refractivity contribution in [2.75, 3.05) is 0 Å². The molecule has 7 rings (SSSR count). The number of Topliss-reactive ketones (excluding diaryl/α,β-unsaturated/α-hetero) is 2. The summed E-state index contributed by atoms with van der Waals surface area (Å²) in [6.45, 7) is 4.01. The van der Waals surface area contributed by atoms with Gasteiger partial charge in [-0.2, -0.15) is 0 Å². The van der Waals surface area contributed by atoms with Crippen LogP contribution in [-0.4, -0.2) is 28.8 Å². The normalized spacial score (nSPS) is 15.7. The van der Waals surface area contributed by atoms with Gasteiger partial charge in [-0.25, -0.2) is 4.99 Å². The fraction of sp³-hybridized carbons (Fsp3) is 0.0976. The van der Waals surface area contributed by atoms with Gasteiger partial charge < -0.3 is 23.9 Å². The lowest BCUT2D eigenvalue weighted by molar-refractivity contribution is -0.388. The highest BCUT2D eigenvalue weighted by atomic mass is 16.6. The van der Waals surface area contributed by atoms with Crippen LogP contribution in [0.4, 0.5) is 0 Å². The minimum Gasteiger partial charge on any atom is -0.674 e. The molecule has 1 aromatic heterocycles. The summed E-state index contributed by atoms with van der Waals surface area (Å²) in [5.41, 5.74) is 7.97. The number of ketones is 2. The van der Waals surface area contributed by atoms with Crippen LogP contribution in [0.15, 0.2) is 163 Å². The van der Waals surface area contributed by atoms with Gasteiger partial charge in [-0.15, -0.1) is 10.9 Å². The fourth-order valence-electron chi connectivity index (χ4n) is 5.38. The van der Waals surface area contributed by atoms with Crippen LogP contribution in [0.3, 0.4) is 0 Å². The molecular formula is C41H39BN2O4. The molecule has 0 saturated carbocycles. The monoisotopic (exact) mass is 634 g/mol. The highest BCUT2D eigenvalue weighted by Crippen LogP contribution is 2.32. The Balaban J connectivity index is 0.000000510. The molecule has 0 saturated heterocycles. The Morgan fingerprint density at radius 2 is 1.02 bits per heavy atom. The highest BCUT2D eigenvalue weighted by Gasteiger charge is 2.40. The number of H-pyrrole nitrogens is 1. The predicted molar refractivity (Wildman–Crippen MR) is 195 cm³/mol. The lowest BCUT2D eigenvalue weighted by Gasteiger charge is -2.47. The lowest BCUT2D eigenvalue weighted by atomic mass is 9.45. The molecule has 48 heavy (non-hydrogen) atoms. The maximum absolute atomic E-state index is 9.44. The quantitative estimate of drug-likeness (QED) is 0.237. The summed E-state index contributed by atoms with van der Waals surface area (Å²) in [6.07, 6.45) is 6.14. The number of carbonyl (C=O) groups excluding carboxylic acids is 2. The smallest absolute Gasteiger partial charge is 0.406 e. The van der Waals surface area contributed by atoms with E-state index in [1.165, 1.54) is 27.7 Å². The number of rotatable bonds is 5. The predicted octanol–water partition coefficient (Wildman–Crippen LogP) is 5.87. The van der Waals surface area contributed by atoms with E-state index >= 15 is 0 Å². The fourth-order valence-corrected chi connectivity index (χ4v) is 5.38. The van der Waals surface area contributed by atoms with Crippen molar-refractivity contribution < 1.29 is 23.9 Å². The van der Waals surface area contributed by atoms with Gasteiger partial charge in [-0.1, -0.05) is 109 Å². The Hall–Kier alpha value is -5.95. The van der Waals surface area contributed by atoms with E-state index in [9.17, 15) is 9.59 Å². The average Bonchev–Trinajstić information content (AvgIpc) is 3.81. The van der Waals surface area contributed by atoms with Crippen LogP contribution in [0.2, 0.25) is 0 Å². The Bertz CT molecular complexity index is 1920. The van der Waals surface area contributed by atoms with Gasteiger partial charge in [0.15, 0.2) is 0 Å². The highest BCUT2D eigenvalue weighted by molar-refractivity contribution is 6.93. The second kappa shape index (κ2) is 15.6. The van der Waals surface area contributed by atoms with Gasteiger partial charge in [0, 0.05) is 29.5 Å². The maximum Gasteiger partial charge on any atom is 0.406 e. The molecule has 6 nitrogen and oxygen atoms in total. The SMILES string of the molecule is C1=C/C(=C2\C=C(c3ccc(-c4ccccc4)[nH]3)O[B-](c3ccccc3)(c3ccccc3)O2)[NH+]=C1c1ccccc1.CC(C)=O.CC(C)=O. The van der Waals surface area contributed by atoms with Crippen molar-refractivity contribution in [3.63, 3.8) is 0 Å². The third-order valence-electron chi connectivity index (χ3n) is 7.40. The van der Waals surface area contributed by atoms with E-state index in [0.29, 0.717) is 11.5 Å². The van der Waals surface area contributed by atoms with Crippen molar-refractivity contribution >= 4 is 40.5 Å². The number of aromatic nitrogens is 1.